The summed E-state index contributed by atoms with van der Waals surface area (Å²) in [6.45, 7) is 4.11. The van der Waals surface area contributed by atoms with E-state index < -0.39 is 0 Å². The number of aromatic nitrogens is 1. The average molecular weight is 217 g/mol. The van der Waals surface area contributed by atoms with Crippen molar-refractivity contribution in [3.8, 4) is 0 Å². The number of rotatable bonds is 3. The lowest BCUT2D eigenvalue weighted by atomic mass is 10.0. The molecule has 2 rings (SSSR count). The Balaban J connectivity index is 2.28. The molecule has 0 aliphatic rings. The number of hydrogen-bond acceptors (Lipinski definition) is 2. The van der Waals surface area contributed by atoms with Crippen LogP contribution < -0.4 is 0 Å². The van der Waals surface area contributed by atoms with Gasteiger partial charge in [-0.05, 0) is 36.9 Å². The van der Waals surface area contributed by atoms with E-state index in [1.165, 1.54) is 0 Å². The van der Waals surface area contributed by atoms with E-state index in [1.807, 2.05) is 44.3 Å². The first-order valence-corrected chi connectivity index (χ1v) is 5.46. The van der Waals surface area contributed by atoms with Crippen LogP contribution in [0.3, 0.4) is 0 Å². The van der Waals surface area contributed by atoms with Gasteiger partial charge in [-0.25, -0.2) is 0 Å². The molecule has 2 aromatic rings. The summed E-state index contributed by atoms with van der Waals surface area (Å²) in [6.07, 6.45) is 1.89. The molecule has 1 atom stereocenters. The Morgan fingerprint density at radius 2 is 2.25 bits per heavy atom. The Labute approximate surface area is 94.4 Å². The first kappa shape index (κ1) is 10.7. The summed E-state index contributed by atoms with van der Waals surface area (Å²) in [5.74, 6) is -0.388. The molecule has 0 aliphatic heterocycles. The highest BCUT2D eigenvalue weighted by Gasteiger charge is 2.16. The van der Waals surface area contributed by atoms with E-state index in [0.29, 0.717) is 6.61 Å². The number of esters is 1. The first-order chi connectivity index (χ1) is 7.72. The summed E-state index contributed by atoms with van der Waals surface area (Å²) in [4.78, 5) is 14.7. The lowest BCUT2D eigenvalue weighted by Gasteiger charge is -2.10. The Morgan fingerprint density at radius 3 is 3.00 bits per heavy atom. The van der Waals surface area contributed by atoms with Gasteiger partial charge in [0.15, 0.2) is 0 Å². The monoisotopic (exact) mass is 217 g/mol. The number of fused-ring (bicyclic) bond motifs is 1. The third kappa shape index (κ3) is 1.94. The van der Waals surface area contributed by atoms with Gasteiger partial charge in [0, 0.05) is 11.7 Å². The number of H-pyrrole nitrogens is 1. The molecule has 0 amide bonds. The predicted octanol–water partition coefficient (Wildman–Crippen LogP) is 2.83. The van der Waals surface area contributed by atoms with Gasteiger partial charge in [0.05, 0.1) is 12.5 Å². The van der Waals surface area contributed by atoms with Crippen molar-refractivity contribution in [3.05, 3.63) is 36.0 Å². The number of carbonyl (C=O) groups is 1. The standard InChI is InChI=1S/C13H15NO2/c1-3-16-13(15)9(2)11-5-4-10-6-7-14-12(10)8-11/h4-9,14H,3H2,1-2H3. The highest BCUT2D eigenvalue weighted by atomic mass is 16.5. The molecule has 1 aromatic heterocycles. The van der Waals surface area contributed by atoms with Crippen LogP contribution in [-0.2, 0) is 9.53 Å². The van der Waals surface area contributed by atoms with Crippen molar-refractivity contribution < 1.29 is 9.53 Å². The number of aromatic amines is 1. The quantitative estimate of drug-likeness (QED) is 0.803. The van der Waals surface area contributed by atoms with Crippen molar-refractivity contribution in [1.29, 1.82) is 0 Å². The summed E-state index contributed by atoms with van der Waals surface area (Å²) in [5, 5.41) is 1.15. The number of hydrogen-bond donors (Lipinski definition) is 1. The van der Waals surface area contributed by atoms with E-state index in [0.717, 1.165) is 16.5 Å². The Kier molecular flexibility index (Phi) is 2.95. The largest absolute Gasteiger partial charge is 0.466 e. The predicted molar refractivity (Wildman–Crippen MR) is 63.3 cm³/mol. The Bertz CT molecular complexity index is 501. The van der Waals surface area contributed by atoms with Crippen molar-refractivity contribution in [3.63, 3.8) is 0 Å². The molecule has 0 fully saturated rings. The number of carbonyl (C=O) groups excluding carboxylic acids is 1. The maximum Gasteiger partial charge on any atom is 0.313 e. The maximum atomic E-state index is 11.6. The Morgan fingerprint density at radius 1 is 1.44 bits per heavy atom. The van der Waals surface area contributed by atoms with E-state index in [2.05, 4.69) is 4.98 Å². The minimum atomic E-state index is -0.215. The van der Waals surface area contributed by atoms with Crippen LogP contribution in [-0.4, -0.2) is 17.6 Å². The van der Waals surface area contributed by atoms with Gasteiger partial charge < -0.3 is 9.72 Å². The van der Waals surface area contributed by atoms with Gasteiger partial charge >= 0.3 is 5.97 Å². The van der Waals surface area contributed by atoms with E-state index in [1.54, 1.807) is 0 Å². The van der Waals surface area contributed by atoms with Gasteiger partial charge in [-0.2, -0.15) is 0 Å². The molecule has 3 nitrogen and oxygen atoms in total. The molecule has 0 saturated carbocycles. The molecule has 3 heteroatoms. The molecule has 0 saturated heterocycles. The van der Waals surface area contributed by atoms with Crippen LogP contribution in [0, 0.1) is 0 Å². The van der Waals surface area contributed by atoms with Gasteiger partial charge in [-0.15, -0.1) is 0 Å². The van der Waals surface area contributed by atoms with Crippen LogP contribution >= 0.6 is 0 Å². The molecule has 1 aromatic carbocycles. The van der Waals surface area contributed by atoms with Crippen molar-refractivity contribution in [2.75, 3.05) is 6.61 Å². The van der Waals surface area contributed by atoms with Crippen LogP contribution in [0.5, 0.6) is 0 Å². The highest BCUT2D eigenvalue weighted by molar-refractivity contribution is 5.83. The van der Waals surface area contributed by atoms with Gasteiger partial charge in [-0.1, -0.05) is 12.1 Å². The van der Waals surface area contributed by atoms with Gasteiger partial charge in [0.1, 0.15) is 0 Å². The van der Waals surface area contributed by atoms with Gasteiger partial charge in [0.25, 0.3) is 0 Å². The number of ether oxygens (including phenoxy) is 1. The SMILES string of the molecule is CCOC(=O)C(C)c1ccc2cc[nH]c2c1. The smallest absolute Gasteiger partial charge is 0.313 e. The minimum absolute atomic E-state index is 0.173. The van der Waals surface area contributed by atoms with Crippen molar-refractivity contribution in [2.45, 2.75) is 19.8 Å². The van der Waals surface area contributed by atoms with Gasteiger partial charge in [-0.3, -0.25) is 4.79 Å². The van der Waals surface area contributed by atoms with Crippen molar-refractivity contribution >= 4 is 16.9 Å². The average Bonchev–Trinajstić information content (AvgIpc) is 2.75. The zero-order chi connectivity index (χ0) is 11.5. The van der Waals surface area contributed by atoms with Crippen LogP contribution in [0.15, 0.2) is 30.5 Å². The Hall–Kier alpha value is -1.77. The summed E-state index contributed by atoms with van der Waals surface area (Å²) < 4.78 is 5.00. The molecule has 0 aliphatic carbocycles. The van der Waals surface area contributed by atoms with Crippen LogP contribution in [0.2, 0.25) is 0 Å². The lowest BCUT2D eigenvalue weighted by molar-refractivity contribution is -0.144. The molecular formula is C13H15NO2. The topological polar surface area (TPSA) is 42.1 Å². The van der Waals surface area contributed by atoms with Gasteiger partial charge in [0.2, 0.25) is 0 Å². The first-order valence-electron chi connectivity index (χ1n) is 5.46. The summed E-state index contributed by atoms with van der Waals surface area (Å²) in [7, 11) is 0. The minimum Gasteiger partial charge on any atom is -0.466 e. The van der Waals surface area contributed by atoms with Crippen molar-refractivity contribution in [2.24, 2.45) is 0 Å². The molecule has 1 unspecified atom stereocenters. The molecule has 84 valence electrons. The van der Waals surface area contributed by atoms with E-state index in [9.17, 15) is 4.79 Å². The fraction of sp³-hybridized carbons (Fsp3) is 0.308. The van der Waals surface area contributed by atoms with E-state index >= 15 is 0 Å². The molecule has 16 heavy (non-hydrogen) atoms. The molecule has 0 spiro atoms. The van der Waals surface area contributed by atoms with Crippen LogP contribution in [0.1, 0.15) is 25.3 Å². The number of benzene rings is 1. The lowest BCUT2D eigenvalue weighted by Crippen LogP contribution is -2.12. The number of nitrogens with one attached hydrogen (secondary N) is 1. The fourth-order valence-corrected chi connectivity index (χ4v) is 1.74. The second-order valence-electron chi connectivity index (χ2n) is 3.80. The zero-order valence-corrected chi connectivity index (χ0v) is 9.49. The maximum absolute atomic E-state index is 11.6. The molecule has 0 bridgehead atoms. The zero-order valence-electron chi connectivity index (χ0n) is 9.49. The van der Waals surface area contributed by atoms with Crippen LogP contribution in [0.4, 0.5) is 0 Å². The second kappa shape index (κ2) is 4.39. The molecule has 0 radical (unpaired) electrons. The normalized spacial score (nSPS) is 12.6. The van der Waals surface area contributed by atoms with E-state index in [-0.39, 0.29) is 11.9 Å². The van der Waals surface area contributed by atoms with E-state index in [4.69, 9.17) is 4.74 Å². The molecule has 1 N–H and O–H groups in total. The fourth-order valence-electron chi connectivity index (χ4n) is 1.74. The van der Waals surface area contributed by atoms with Crippen LogP contribution in [0.25, 0.3) is 10.9 Å². The van der Waals surface area contributed by atoms with Crippen molar-refractivity contribution in [1.82, 2.24) is 4.98 Å². The second-order valence-corrected chi connectivity index (χ2v) is 3.80. The summed E-state index contributed by atoms with van der Waals surface area (Å²) >= 11 is 0. The molecular weight excluding hydrogens is 202 g/mol. The third-order valence-electron chi connectivity index (χ3n) is 2.72. The third-order valence-corrected chi connectivity index (χ3v) is 2.72. The molecule has 1 heterocycles. The summed E-state index contributed by atoms with van der Waals surface area (Å²) in [6, 6.07) is 7.99. The highest BCUT2D eigenvalue weighted by Crippen LogP contribution is 2.21. The summed E-state index contributed by atoms with van der Waals surface area (Å²) in [5.41, 5.74) is 2.03.